The number of benzene rings is 2. The van der Waals surface area contributed by atoms with Crippen LogP contribution in [-0.4, -0.2) is 18.9 Å². The van der Waals surface area contributed by atoms with Gasteiger partial charge in [0.15, 0.2) is 5.75 Å². The molecule has 2 aromatic rings. The van der Waals surface area contributed by atoms with Gasteiger partial charge in [-0.15, -0.1) is 0 Å². The van der Waals surface area contributed by atoms with Gasteiger partial charge in [-0.2, -0.15) is 8.42 Å². The van der Waals surface area contributed by atoms with Gasteiger partial charge >= 0.3 is 5.97 Å². The molecule has 0 unspecified atom stereocenters. The molecule has 0 atom stereocenters. The minimum Gasteiger partial charge on any atom is -0.421 e. The fourth-order valence-corrected chi connectivity index (χ4v) is 2.33. The summed E-state index contributed by atoms with van der Waals surface area (Å²) in [5.41, 5.74) is 0.169. The van der Waals surface area contributed by atoms with Crippen LogP contribution in [0.3, 0.4) is 0 Å². The minimum absolute atomic E-state index is 0.169. The summed E-state index contributed by atoms with van der Waals surface area (Å²) >= 11 is 5.75. The van der Waals surface area contributed by atoms with E-state index in [4.69, 9.17) is 20.9 Å². The molecule has 1 N–H and O–H groups in total. The van der Waals surface area contributed by atoms with Crippen molar-refractivity contribution in [2.24, 2.45) is 0 Å². The van der Waals surface area contributed by atoms with Crippen LogP contribution >= 0.6 is 11.6 Å². The van der Waals surface area contributed by atoms with E-state index in [1.807, 2.05) is 0 Å². The van der Waals surface area contributed by atoms with Crippen molar-refractivity contribution >= 4 is 27.7 Å². The second kappa shape index (κ2) is 5.62. The topological polar surface area (TPSA) is 80.7 Å². The predicted molar refractivity (Wildman–Crippen MR) is 72.7 cm³/mol. The summed E-state index contributed by atoms with van der Waals surface area (Å²) in [5.74, 6) is -1.02. The maximum absolute atomic E-state index is 11.9. The first-order valence-electron chi connectivity index (χ1n) is 5.42. The maximum atomic E-state index is 11.9. The fourth-order valence-electron chi connectivity index (χ4n) is 1.52. The Morgan fingerprint density at radius 3 is 2.45 bits per heavy atom. The molecule has 5 nitrogen and oxygen atoms in total. The molecule has 0 aliphatic rings. The standard InChI is InChI=1S/C13H9ClO5S/c14-10-5-3-4-9(8-10)13(15)19-11-6-1-2-7-12(11)20(16,17)18/h1-8H,(H,16,17,18). The van der Waals surface area contributed by atoms with Crippen LogP contribution in [0.2, 0.25) is 5.02 Å². The van der Waals surface area contributed by atoms with E-state index in [1.165, 1.54) is 30.3 Å². The molecule has 0 aliphatic heterocycles. The molecule has 7 heteroatoms. The Labute approximate surface area is 120 Å². The van der Waals surface area contributed by atoms with Crippen LogP contribution in [0, 0.1) is 0 Å². The van der Waals surface area contributed by atoms with Crippen molar-refractivity contribution in [2.45, 2.75) is 4.90 Å². The zero-order valence-electron chi connectivity index (χ0n) is 9.99. The first kappa shape index (κ1) is 14.5. The van der Waals surface area contributed by atoms with E-state index in [1.54, 1.807) is 12.1 Å². The largest absolute Gasteiger partial charge is 0.421 e. The first-order chi connectivity index (χ1) is 9.38. The molecule has 0 heterocycles. The van der Waals surface area contributed by atoms with Gasteiger partial charge in [0.25, 0.3) is 10.1 Å². The molecule has 0 saturated carbocycles. The Bertz CT molecular complexity index is 755. The summed E-state index contributed by atoms with van der Waals surface area (Å²) < 4.78 is 36.4. The summed E-state index contributed by atoms with van der Waals surface area (Å²) in [6.45, 7) is 0. The van der Waals surface area contributed by atoms with Crippen LogP contribution in [-0.2, 0) is 10.1 Å². The lowest BCUT2D eigenvalue weighted by molar-refractivity contribution is 0.0730. The Kier molecular flexibility index (Phi) is 4.08. The lowest BCUT2D eigenvalue weighted by atomic mass is 10.2. The molecular formula is C13H9ClO5S. The molecule has 0 aromatic heterocycles. The molecule has 0 saturated heterocycles. The van der Waals surface area contributed by atoms with Crippen molar-refractivity contribution < 1.29 is 22.5 Å². The van der Waals surface area contributed by atoms with Gasteiger partial charge in [-0.25, -0.2) is 4.79 Å². The zero-order chi connectivity index (χ0) is 14.8. The van der Waals surface area contributed by atoms with E-state index in [0.29, 0.717) is 5.02 Å². The monoisotopic (exact) mass is 312 g/mol. The lowest BCUT2D eigenvalue weighted by Gasteiger charge is -2.08. The summed E-state index contributed by atoms with van der Waals surface area (Å²) in [5, 5.41) is 0.350. The van der Waals surface area contributed by atoms with Gasteiger partial charge in [0.05, 0.1) is 5.56 Å². The van der Waals surface area contributed by atoms with Crippen LogP contribution < -0.4 is 4.74 Å². The van der Waals surface area contributed by atoms with Gasteiger partial charge in [-0.05, 0) is 30.3 Å². The van der Waals surface area contributed by atoms with Gasteiger partial charge in [0, 0.05) is 5.02 Å². The van der Waals surface area contributed by atoms with Crippen LogP contribution in [0.4, 0.5) is 0 Å². The number of carbonyl (C=O) groups excluding carboxylic acids is 1. The zero-order valence-corrected chi connectivity index (χ0v) is 11.6. The quantitative estimate of drug-likeness (QED) is 0.535. The number of halogens is 1. The van der Waals surface area contributed by atoms with E-state index in [0.717, 1.165) is 6.07 Å². The number of esters is 1. The number of hydrogen-bond acceptors (Lipinski definition) is 4. The van der Waals surface area contributed by atoms with Crippen LogP contribution in [0.5, 0.6) is 5.75 Å². The number of rotatable bonds is 3. The van der Waals surface area contributed by atoms with Gasteiger partial charge in [0.2, 0.25) is 0 Å². The van der Waals surface area contributed by atoms with Crippen molar-refractivity contribution in [2.75, 3.05) is 0 Å². The van der Waals surface area contributed by atoms with Crippen LogP contribution in [0.25, 0.3) is 0 Å². The third kappa shape index (κ3) is 3.36. The molecule has 104 valence electrons. The first-order valence-corrected chi connectivity index (χ1v) is 7.24. The molecule has 0 radical (unpaired) electrons. The van der Waals surface area contributed by atoms with E-state index in [9.17, 15) is 13.2 Å². The Morgan fingerprint density at radius 1 is 1.10 bits per heavy atom. The van der Waals surface area contributed by atoms with Crippen molar-refractivity contribution in [3.05, 3.63) is 59.1 Å². The average Bonchev–Trinajstić information content (AvgIpc) is 2.38. The third-order valence-electron chi connectivity index (χ3n) is 2.39. The van der Waals surface area contributed by atoms with Gasteiger partial charge < -0.3 is 4.74 Å². The van der Waals surface area contributed by atoms with Gasteiger partial charge in [-0.1, -0.05) is 29.8 Å². The van der Waals surface area contributed by atoms with E-state index < -0.39 is 21.0 Å². The van der Waals surface area contributed by atoms with Crippen molar-refractivity contribution in [3.63, 3.8) is 0 Å². The number of para-hydroxylation sites is 1. The highest BCUT2D eigenvalue weighted by Gasteiger charge is 2.19. The van der Waals surface area contributed by atoms with E-state index in [-0.39, 0.29) is 11.3 Å². The highest BCUT2D eigenvalue weighted by molar-refractivity contribution is 7.86. The summed E-state index contributed by atoms with van der Waals surface area (Å²) in [6.07, 6.45) is 0. The Morgan fingerprint density at radius 2 is 1.80 bits per heavy atom. The third-order valence-corrected chi connectivity index (χ3v) is 3.52. The highest BCUT2D eigenvalue weighted by Crippen LogP contribution is 2.24. The van der Waals surface area contributed by atoms with Crippen LogP contribution in [0.15, 0.2) is 53.4 Å². The van der Waals surface area contributed by atoms with Gasteiger partial charge in [0.1, 0.15) is 4.90 Å². The predicted octanol–water partition coefficient (Wildman–Crippen LogP) is 2.81. The van der Waals surface area contributed by atoms with Crippen molar-refractivity contribution in [1.29, 1.82) is 0 Å². The molecule has 0 fully saturated rings. The van der Waals surface area contributed by atoms with E-state index >= 15 is 0 Å². The van der Waals surface area contributed by atoms with Gasteiger partial charge in [-0.3, -0.25) is 4.55 Å². The molecule has 0 bridgehead atoms. The SMILES string of the molecule is O=C(Oc1ccccc1S(=O)(=O)O)c1cccc(Cl)c1. The number of ether oxygens (including phenoxy) is 1. The molecule has 0 aliphatic carbocycles. The fraction of sp³-hybridized carbons (Fsp3) is 0. The normalized spacial score (nSPS) is 11.1. The molecule has 20 heavy (non-hydrogen) atoms. The second-order valence-electron chi connectivity index (χ2n) is 3.82. The maximum Gasteiger partial charge on any atom is 0.343 e. The lowest BCUT2D eigenvalue weighted by Crippen LogP contribution is -2.11. The molecule has 0 amide bonds. The molecule has 2 aromatic carbocycles. The average molecular weight is 313 g/mol. The van der Waals surface area contributed by atoms with E-state index in [2.05, 4.69) is 0 Å². The highest BCUT2D eigenvalue weighted by atomic mass is 35.5. The number of carbonyl (C=O) groups is 1. The van der Waals surface area contributed by atoms with Crippen LogP contribution in [0.1, 0.15) is 10.4 Å². The smallest absolute Gasteiger partial charge is 0.343 e. The molecule has 2 rings (SSSR count). The Hall–Kier alpha value is -1.89. The second-order valence-corrected chi connectivity index (χ2v) is 5.65. The minimum atomic E-state index is -4.47. The van der Waals surface area contributed by atoms with Crippen molar-refractivity contribution in [3.8, 4) is 5.75 Å². The summed E-state index contributed by atoms with van der Waals surface area (Å²) in [6, 6.07) is 11.3. The van der Waals surface area contributed by atoms with Crippen molar-refractivity contribution in [1.82, 2.24) is 0 Å². The summed E-state index contributed by atoms with van der Waals surface area (Å²) in [4.78, 5) is 11.4. The Balaban J connectivity index is 2.34. The summed E-state index contributed by atoms with van der Waals surface area (Å²) in [7, 11) is -4.47. The number of hydrogen-bond donors (Lipinski definition) is 1. The molecule has 0 spiro atoms. The molecular weight excluding hydrogens is 304 g/mol.